The summed E-state index contributed by atoms with van der Waals surface area (Å²) in [4.78, 5) is 0. The second kappa shape index (κ2) is 6.42. The van der Waals surface area contributed by atoms with Gasteiger partial charge in [0.2, 0.25) is 0 Å². The summed E-state index contributed by atoms with van der Waals surface area (Å²) in [5.41, 5.74) is 2.19. The summed E-state index contributed by atoms with van der Waals surface area (Å²) in [7, 11) is -0.928. The second-order valence-corrected chi connectivity index (χ2v) is 6.89. The van der Waals surface area contributed by atoms with Crippen molar-refractivity contribution in [3.05, 3.63) is 82.9 Å². The van der Waals surface area contributed by atoms with Gasteiger partial charge in [0, 0.05) is 27.3 Å². The fourth-order valence-corrected chi connectivity index (χ4v) is 3.80. The van der Waals surface area contributed by atoms with Crippen LogP contribution in [0.3, 0.4) is 0 Å². The van der Waals surface area contributed by atoms with Gasteiger partial charge in [0.15, 0.2) is 0 Å². The van der Waals surface area contributed by atoms with Crippen molar-refractivity contribution in [2.45, 2.75) is 11.5 Å². The van der Waals surface area contributed by atoms with Gasteiger partial charge in [-0.05, 0) is 34.0 Å². The Morgan fingerprint density at radius 1 is 0.810 bits per heavy atom. The molecule has 0 fully saturated rings. The Bertz CT molecular complexity index is 775. The summed E-state index contributed by atoms with van der Waals surface area (Å²) in [6.07, 6.45) is 0. The minimum Gasteiger partial charge on any atom is -0.259 e. The highest BCUT2D eigenvalue weighted by Gasteiger charge is 2.06. The van der Waals surface area contributed by atoms with E-state index in [0.29, 0.717) is 16.5 Å². The van der Waals surface area contributed by atoms with Gasteiger partial charge in [0.1, 0.15) is 0 Å². The quantitative estimate of drug-likeness (QED) is 0.666. The van der Waals surface area contributed by atoms with Gasteiger partial charge < -0.3 is 0 Å². The summed E-state index contributed by atoms with van der Waals surface area (Å²) in [6.45, 7) is 0. The Labute approximate surface area is 132 Å². The van der Waals surface area contributed by atoms with E-state index in [1.54, 1.807) is 0 Å². The van der Waals surface area contributed by atoms with Crippen LogP contribution in [0.5, 0.6) is 0 Å². The van der Waals surface area contributed by atoms with Crippen LogP contribution in [0.1, 0.15) is 11.1 Å². The molecule has 0 aliphatic rings. The van der Waals surface area contributed by atoms with Crippen molar-refractivity contribution >= 4 is 33.2 Å². The van der Waals surface area contributed by atoms with Crippen LogP contribution in [0.15, 0.2) is 66.7 Å². The molecule has 0 aliphatic heterocycles. The monoisotopic (exact) mass is 314 g/mol. The molecule has 3 aromatic rings. The molecule has 0 heterocycles. The van der Waals surface area contributed by atoms with Crippen molar-refractivity contribution in [2.75, 3.05) is 0 Å². The maximum absolute atomic E-state index is 12.4. The van der Waals surface area contributed by atoms with E-state index >= 15 is 0 Å². The molecule has 0 bridgehead atoms. The summed E-state index contributed by atoms with van der Waals surface area (Å²) in [5, 5.41) is 3.08. The van der Waals surface area contributed by atoms with Gasteiger partial charge in [-0.3, -0.25) is 4.21 Å². The molecule has 3 rings (SSSR count). The van der Waals surface area contributed by atoms with Crippen LogP contribution >= 0.6 is 11.6 Å². The topological polar surface area (TPSA) is 17.1 Å². The zero-order chi connectivity index (χ0) is 14.7. The summed E-state index contributed by atoms with van der Waals surface area (Å²) < 4.78 is 12.4. The summed E-state index contributed by atoms with van der Waals surface area (Å²) >= 11 is 5.87. The third-order valence-electron chi connectivity index (χ3n) is 3.44. The van der Waals surface area contributed by atoms with Crippen molar-refractivity contribution in [1.29, 1.82) is 0 Å². The zero-order valence-corrected chi connectivity index (χ0v) is 13.0. The molecule has 21 heavy (non-hydrogen) atoms. The van der Waals surface area contributed by atoms with Crippen LogP contribution in [0.2, 0.25) is 5.02 Å². The minimum atomic E-state index is -0.928. The molecule has 3 heteroatoms. The van der Waals surface area contributed by atoms with Gasteiger partial charge in [-0.25, -0.2) is 0 Å². The number of halogens is 1. The largest absolute Gasteiger partial charge is 0.259 e. The van der Waals surface area contributed by atoms with Crippen molar-refractivity contribution in [2.24, 2.45) is 0 Å². The number of fused-ring (bicyclic) bond motifs is 1. The maximum Gasteiger partial charge on any atom is 0.0495 e. The lowest BCUT2D eigenvalue weighted by Crippen LogP contribution is -2.00. The average Bonchev–Trinajstić information content (AvgIpc) is 2.50. The second-order valence-electron chi connectivity index (χ2n) is 4.99. The highest BCUT2D eigenvalue weighted by molar-refractivity contribution is 7.83. The van der Waals surface area contributed by atoms with E-state index in [2.05, 4.69) is 24.3 Å². The first kappa shape index (κ1) is 14.3. The molecule has 1 nitrogen and oxygen atoms in total. The number of benzene rings is 3. The molecule has 0 saturated carbocycles. The lowest BCUT2D eigenvalue weighted by atomic mass is 10.1. The van der Waals surface area contributed by atoms with Gasteiger partial charge in [0.25, 0.3) is 0 Å². The van der Waals surface area contributed by atoms with E-state index in [1.807, 2.05) is 42.5 Å². The summed E-state index contributed by atoms with van der Waals surface area (Å²) in [6, 6.07) is 21.9. The van der Waals surface area contributed by atoms with Crippen LogP contribution < -0.4 is 0 Å². The van der Waals surface area contributed by atoms with Gasteiger partial charge in [0.05, 0.1) is 0 Å². The van der Waals surface area contributed by atoms with Gasteiger partial charge in [-0.15, -0.1) is 0 Å². The molecule has 0 aliphatic carbocycles. The van der Waals surface area contributed by atoms with E-state index in [-0.39, 0.29) is 0 Å². The van der Waals surface area contributed by atoms with Crippen LogP contribution in [0.25, 0.3) is 10.8 Å². The first-order valence-electron chi connectivity index (χ1n) is 6.78. The first-order valence-corrected chi connectivity index (χ1v) is 8.65. The summed E-state index contributed by atoms with van der Waals surface area (Å²) in [5.74, 6) is 1.13. The van der Waals surface area contributed by atoms with Crippen LogP contribution in [0.4, 0.5) is 0 Å². The number of hydrogen-bond donors (Lipinski definition) is 0. The molecule has 0 saturated heterocycles. The van der Waals surface area contributed by atoms with E-state index in [4.69, 9.17) is 11.6 Å². The average molecular weight is 315 g/mol. The normalized spacial score (nSPS) is 12.4. The molecule has 106 valence electrons. The highest BCUT2D eigenvalue weighted by Crippen LogP contribution is 2.21. The number of rotatable bonds is 4. The molecular formula is C18H15ClOS. The highest BCUT2D eigenvalue weighted by atomic mass is 35.5. The van der Waals surface area contributed by atoms with Crippen LogP contribution in [0, 0.1) is 0 Å². The van der Waals surface area contributed by atoms with Gasteiger partial charge in [-0.2, -0.15) is 0 Å². The molecule has 1 unspecified atom stereocenters. The first-order chi connectivity index (χ1) is 10.2. The third-order valence-corrected chi connectivity index (χ3v) is 4.98. The Hall–Kier alpha value is -1.64. The molecule has 0 radical (unpaired) electrons. The van der Waals surface area contributed by atoms with Crippen molar-refractivity contribution in [1.82, 2.24) is 0 Å². The molecule has 0 spiro atoms. The third kappa shape index (κ3) is 3.52. The predicted molar refractivity (Wildman–Crippen MR) is 91.0 cm³/mol. The van der Waals surface area contributed by atoms with E-state index in [1.165, 1.54) is 10.8 Å². The van der Waals surface area contributed by atoms with Crippen LogP contribution in [-0.2, 0) is 22.3 Å². The smallest absolute Gasteiger partial charge is 0.0495 e. The Kier molecular flexibility index (Phi) is 4.37. The molecule has 3 aromatic carbocycles. The minimum absolute atomic E-state index is 0.556. The molecular weight excluding hydrogens is 300 g/mol. The zero-order valence-electron chi connectivity index (χ0n) is 11.5. The fraction of sp³-hybridized carbons (Fsp3) is 0.111. The SMILES string of the molecule is O=S(Cc1ccc(Cl)cc1)Cc1cccc2ccccc12. The Balaban J connectivity index is 1.79. The maximum atomic E-state index is 12.4. The lowest BCUT2D eigenvalue weighted by Gasteiger charge is -2.07. The standard InChI is InChI=1S/C18H15ClOS/c19-17-10-8-14(9-11-17)12-21(20)13-16-6-3-5-15-4-1-2-7-18(15)16/h1-11H,12-13H2. The Morgan fingerprint density at radius 2 is 1.52 bits per heavy atom. The lowest BCUT2D eigenvalue weighted by molar-refractivity contribution is 0.682. The van der Waals surface area contributed by atoms with Crippen molar-refractivity contribution in [3.63, 3.8) is 0 Å². The fourth-order valence-electron chi connectivity index (χ4n) is 2.41. The molecule has 1 atom stereocenters. The molecule has 0 aromatic heterocycles. The molecule has 0 amide bonds. The van der Waals surface area contributed by atoms with Gasteiger partial charge in [-0.1, -0.05) is 66.2 Å². The number of hydrogen-bond acceptors (Lipinski definition) is 1. The van der Waals surface area contributed by atoms with E-state index < -0.39 is 10.8 Å². The molecule has 0 N–H and O–H groups in total. The van der Waals surface area contributed by atoms with E-state index in [9.17, 15) is 4.21 Å². The van der Waals surface area contributed by atoms with Crippen molar-refractivity contribution < 1.29 is 4.21 Å². The van der Waals surface area contributed by atoms with Gasteiger partial charge >= 0.3 is 0 Å². The van der Waals surface area contributed by atoms with E-state index in [0.717, 1.165) is 11.1 Å². The van der Waals surface area contributed by atoms with Crippen LogP contribution in [-0.4, -0.2) is 4.21 Å². The van der Waals surface area contributed by atoms with Crippen molar-refractivity contribution in [3.8, 4) is 0 Å². The Morgan fingerprint density at radius 3 is 2.33 bits per heavy atom. The predicted octanol–water partition coefficient (Wildman–Crippen LogP) is 4.94.